The van der Waals surface area contributed by atoms with Crippen LogP contribution in [0, 0.1) is 6.92 Å². The first-order valence-electron chi connectivity index (χ1n) is 6.50. The second-order valence-electron chi connectivity index (χ2n) is 4.10. The van der Waals surface area contributed by atoms with Crippen LogP contribution >= 0.6 is 11.6 Å². The lowest BCUT2D eigenvalue weighted by molar-refractivity contribution is 0.910. The number of halogens is 1. The van der Waals surface area contributed by atoms with Gasteiger partial charge < -0.3 is 0 Å². The molecule has 1 unspecified atom stereocenters. The Hall–Kier alpha value is -1.27. The van der Waals surface area contributed by atoms with Gasteiger partial charge in [0.2, 0.25) is 0 Å². The largest absolute Gasteiger partial charge is 0.0840 e. The van der Waals surface area contributed by atoms with Gasteiger partial charge >= 0.3 is 0 Å². The van der Waals surface area contributed by atoms with E-state index < -0.39 is 0 Å². The Kier molecular flexibility index (Phi) is 5.94. The third-order valence-electron chi connectivity index (χ3n) is 3.03. The van der Waals surface area contributed by atoms with Gasteiger partial charge in [0.1, 0.15) is 0 Å². The van der Waals surface area contributed by atoms with Crippen molar-refractivity contribution in [1.29, 1.82) is 0 Å². The number of aryl methyl sites for hydroxylation is 1. The van der Waals surface area contributed by atoms with Crippen molar-refractivity contribution in [1.82, 2.24) is 0 Å². The second-order valence-corrected chi connectivity index (χ2v) is 4.51. The molecule has 0 bridgehead atoms. The lowest BCUT2D eigenvalue weighted by atomic mass is 9.90. The lowest BCUT2D eigenvalue weighted by Gasteiger charge is -2.16. The van der Waals surface area contributed by atoms with Gasteiger partial charge in [0.05, 0.1) is 0 Å². The molecule has 0 amide bonds. The van der Waals surface area contributed by atoms with Crippen LogP contribution in [0.4, 0.5) is 0 Å². The molecule has 1 heteroatoms. The SMILES string of the molecule is CC.Cc1ccccc1C(C)c1ccccc1Cl. The van der Waals surface area contributed by atoms with Crippen molar-refractivity contribution in [2.24, 2.45) is 0 Å². The smallest absolute Gasteiger partial charge is 0.0444 e. The summed E-state index contributed by atoms with van der Waals surface area (Å²) in [6.07, 6.45) is 0. The van der Waals surface area contributed by atoms with Crippen LogP contribution in [0.5, 0.6) is 0 Å². The van der Waals surface area contributed by atoms with Crippen molar-refractivity contribution in [3.8, 4) is 0 Å². The molecular formula is C17H21Cl. The fourth-order valence-electron chi connectivity index (χ4n) is 2.07. The molecular weight excluding hydrogens is 240 g/mol. The molecule has 0 saturated carbocycles. The summed E-state index contributed by atoms with van der Waals surface area (Å²) < 4.78 is 0. The minimum Gasteiger partial charge on any atom is -0.0840 e. The first-order valence-corrected chi connectivity index (χ1v) is 6.88. The van der Waals surface area contributed by atoms with E-state index in [1.165, 1.54) is 16.7 Å². The van der Waals surface area contributed by atoms with E-state index in [0.717, 1.165) is 5.02 Å². The van der Waals surface area contributed by atoms with Gasteiger partial charge in [0, 0.05) is 10.9 Å². The predicted molar refractivity (Wildman–Crippen MR) is 81.5 cm³/mol. The van der Waals surface area contributed by atoms with Crippen LogP contribution in [0.1, 0.15) is 43.4 Å². The standard InChI is InChI=1S/C15H15Cl.C2H6/c1-11-7-3-4-8-13(11)12(2)14-9-5-6-10-15(14)16;1-2/h3-10,12H,1-2H3;1-2H3. The second kappa shape index (κ2) is 7.23. The Morgan fingerprint density at radius 1 is 0.833 bits per heavy atom. The highest BCUT2D eigenvalue weighted by atomic mass is 35.5. The van der Waals surface area contributed by atoms with Crippen LogP contribution in [0.25, 0.3) is 0 Å². The molecule has 2 aromatic carbocycles. The zero-order valence-electron chi connectivity index (χ0n) is 11.6. The van der Waals surface area contributed by atoms with Gasteiger partial charge in [-0.25, -0.2) is 0 Å². The zero-order chi connectivity index (χ0) is 13.5. The van der Waals surface area contributed by atoms with Gasteiger partial charge in [0.25, 0.3) is 0 Å². The summed E-state index contributed by atoms with van der Waals surface area (Å²) in [6, 6.07) is 16.5. The molecule has 2 rings (SSSR count). The molecule has 0 radical (unpaired) electrons. The summed E-state index contributed by atoms with van der Waals surface area (Å²) in [5.74, 6) is 0.342. The first-order chi connectivity index (χ1) is 8.70. The Morgan fingerprint density at radius 3 is 1.89 bits per heavy atom. The molecule has 0 saturated heterocycles. The van der Waals surface area contributed by atoms with Crippen molar-refractivity contribution in [2.45, 2.75) is 33.6 Å². The predicted octanol–water partition coefficient (Wildman–Crippen LogP) is 5.83. The Labute approximate surface area is 116 Å². The van der Waals surface area contributed by atoms with Crippen molar-refractivity contribution < 1.29 is 0 Å². The van der Waals surface area contributed by atoms with Crippen LogP contribution in [0.3, 0.4) is 0 Å². The fraction of sp³-hybridized carbons (Fsp3) is 0.294. The van der Waals surface area contributed by atoms with Crippen LogP contribution < -0.4 is 0 Å². The Balaban J connectivity index is 0.000000771. The average molecular weight is 261 g/mol. The summed E-state index contributed by atoms with van der Waals surface area (Å²) in [7, 11) is 0. The van der Waals surface area contributed by atoms with Gasteiger partial charge in [-0.1, -0.05) is 74.8 Å². The number of benzene rings is 2. The number of hydrogen-bond acceptors (Lipinski definition) is 0. The maximum Gasteiger partial charge on any atom is 0.0444 e. The third kappa shape index (κ3) is 3.36. The van der Waals surface area contributed by atoms with Crippen molar-refractivity contribution >= 4 is 11.6 Å². The van der Waals surface area contributed by atoms with E-state index in [4.69, 9.17) is 11.6 Å². The molecule has 18 heavy (non-hydrogen) atoms. The molecule has 0 heterocycles. The molecule has 0 aliphatic rings. The Bertz CT molecular complexity index is 443. The van der Waals surface area contributed by atoms with Gasteiger partial charge in [-0.05, 0) is 29.7 Å². The van der Waals surface area contributed by atoms with Crippen molar-refractivity contribution in [3.63, 3.8) is 0 Å². The summed E-state index contributed by atoms with van der Waals surface area (Å²) in [5, 5.41) is 0.846. The highest BCUT2D eigenvalue weighted by Crippen LogP contribution is 2.31. The monoisotopic (exact) mass is 260 g/mol. The molecule has 0 fully saturated rings. The summed E-state index contributed by atoms with van der Waals surface area (Å²) in [4.78, 5) is 0. The zero-order valence-corrected chi connectivity index (χ0v) is 12.3. The van der Waals surface area contributed by atoms with Gasteiger partial charge in [-0.3, -0.25) is 0 Å². The molecule has 0 aliphatic carbocycles. The van der Waals surface area contributed by atoms with Crippen molar-refractivity contribution in [3.05, 3.63) is 70.2 Å². The van der Waals surface area contributed by atoms with E-state index in [2.05, 4.69) is 44.2 Å². The van der Waals surface area contributed by atoms with Crippen LogP contribution in [0.15, 0.2) is 48.5 Å². The van der Waals surface area contributed by atoms with E-state index in [1.54, 1.807) is 0 Å². The van der Waals surface area contributed by atoms with Gasteiger partial charge in [-0.15, -0.1) is 0 Å². The van der Waals surface area contributed by atoms with E-state index in [-0.39, 0.29) is 0 Å². The highest BCUT2D eigenvalue weighted by molar-refractivity contribution is 6.31. The highest BCUT2D eigenvalue weighted by Gasteiger charge is 2.12. The summed E-state index contributed by atoms with van der Waals surface area (Å²) >= 11 is 6.22. The molecule has 0 spiro atoms. The first kappa shape index (κ1) is 14.8. The normalized spacial score (nSPS) is 11.4. The third-order valence-corrected chi connectivity index (χ3v) is 3.37. The van der Waals surface area contributed by atoms with E-state index in [1.807, 2.05) is 32.0 Å². The van der Waals surface area contributed by atoms with Gasteiger partial charge in [-0.2, -0.15) is 0 Å². The Morgan fingerprint density at radius 2 is 1.33 bits per heavy atom. The van der Waals surface area contributed by atoms with E-state index >= 15 is 0 Å². The minimum absolute atomic E-state index is 0.342. The van der Waals surface area contributed by atoms with Crippen molar-refractivity contribution in [2.75, 3.05) is 0 Å². The minimum atomic E-state index is 0.342. The molecule has 1 atom stereocenters. The molecule has 96 valence electrons. The maximum absolute atomic E-state index is 6.22. The van der Waals surface area contributed by atoms with E-state index in [9.17, 15) is 0 Å². The van der Waals surface area contributed by atoms with Gasteiger partial charge in [0.15, 0.2) is 0 Å². The quantitative estimate of drug-likeness (QED) is 0.638. The van der Waals surface area contributed by atoms with Crippen LogP contribution in [0.2, 0.25) is 5.02 Å². The molecule has 0 aromatic heterocycles. The summed E-state index contributed by atoms with van der Waals surface area (Å²) in [6.45, 7) is 8.34. The number of rotatable bonds is 2. The average Bonchev–Trinajstić information content (AvgIpc) is 2.41. The van der Waals surface area contributed by atoms with Crippen LogP contribution in [-0.4, -0.2) is 0 Å². The fourth-order valence-corrected chi connectivity index (χ4v) is 2.37. The topological polar surface area (TPSA) is 0 Å². The molecule has 2 aromatic rings. The lowest BCUT2D eigenvalue weighted by Crippen LogP contribution is -1.99. The van der Waals surface area contributed by atoms with Crippen LogP contribution in [-0.2, 0) is 0 Å². The number of hydrogen-bond donors (Lipinski definition) is 0. The molecule has 0 N–H and O–H groups in total. The maximum atomic E-state index is 6.22. The molecule has 0 nitrogen and oxygen atoms in total. The molecule has 0 aliphatic heterocycles. The van der Waals surface area contributed by atoms with E-state index in [0.29, 0.717) is 5.92 Å². The summed E-state index contributed by atoms with van der Waals surface area (Å²) in [5.41, 5.74) is 3.85.